The molecule has 0 radical (unpaired) electrons. The van der Waals surface area contributed by atoms with Crippen LogP contribution in [0.1, 0.15) is 37.0 Å². The van der Waals surface area contributed by atoms with Crippen LogP contribution in [-0.4, -0.2) is 12.1 Å². The molecule has 0 aliphatic carbocycles. The highest BCUT2D eigenvalue weighted by atomic mass is 35.5. The van der Waals surface area contributed by atoms with Crippen molar-refractivity contribution in [2.75, 3.05) is 5.73 Å². The van der Waals surface area contributed by atoms with Crippen LogP contribution in [-0.2, 0) is 4.74 Å². The second-order valence-corrected chi connectivity index (χ2v) is 4.17. The lowest BCUT2D eigenvalue weighted by Gasteiger charge is -2.13. The Morgan fingerprint density at radius 1 is 1.56 bits per heavy atom. The van der Waals surface area contributed by atoms with Crippen molar-refractivity contribution in [3.8, 4) is 0 Å². The zero-order chi connectivity index (χ0) is 12.1. The lowest BCUT2D eigenvalue weighted by Crippen LogP contribution is -2.16. The van der Waals surface area contributed by atoms with Crippen LogP contribution < -0.4 is 5.73 Å². The van der Waals surface area contributed by atoms with Crippen molar-refractivity contribution in [1.29, 1.82) is 0 Å². The lowest BCUT2D eigenvalue weighted by molar-refractivity contribution is 0.0325. The molecule has 2 N–H and O–H groups in total. The third-order valence-electron chi connectivity index (χ3n) is 2.24. The van der Waals surface area contributed by atoms with Crippen molar-refractivity contribution in [2.45, 2.75) is 32.8 Å². The zero-order valence-electron chi connectivity index (χ0n) is 9.50. The average molecular weight is 242 g/mol. The van der Waals surface area contributed by atoms with E-state index in [4.69, 9.17) is 22.1 Å². The molecule has 4 heteroatoms. The smallest absolute Gasteiger partial charge is 0.340 e. The summed E-state index contributed by atoms with van der Waals surface area (Å²) in [5.41, 5.74) is 6.40. The summed E-state index contributed by atoms with van der Waals surface area (Å²) >= 11 is 5.80. The number of carbonyl (C=O) groups is 1. The van der Waals surface area contributed by atoms with Crippen LogP contribution in [0.2, 0.25) is 5.02 Å². The van der Waals surface area contributed by atoms with Crippen molar-refractivity contribution >= 4 is 23.3 Å². The van der Waals surface area contributed by atoms with E-state index in [0.29, 0.717) is 16.3 Å². The Balaban J connectivity index is 2.76. The molecule has 1 unspecified atom stereocenters. The van der Waals surface area contributed by atoms with Gasteiger partial charge in [0, 0.05) is 10.7 Å². The number of hydrogen-bond acceptors (Lipinski definition) is 3. The number of nitrogen functional groups attached to an aromatic ring is 1. The normalized spacial score (nSPS) is 12.2. The van der Waals surface area contributed by atoms with E-state index in [0.717, 1.165) is 12.8 Å². The van der Waals surface area contributed by atoms with Gasteiger partial charge in [0.1, 0.15) is 0 Å². The van der Waals surface area contributed by atoms with Gasteiger partial charge >= 0.3 is 5.97 Å². The number of anilines is 1. The Labute approximate surface area is 101 Å². The van der Waals surface area contributed by atoms with Crippen LogP contribution >= 0.6 is 11.6 Å². The summed E-state index contributed by atoms with van der Waals surface area (Å²) in [5.74, 6) is -0.416. The minimum absolute atomic E-state index is 0.101. The summed E-state index contributed by atoms with van der Waals surface area (Å²) < 4.78 is 5.24. The maximum atomic E-state index is 11.7. The molecule has 0 heterocycles. The molecule has 0 spiro atoms. The highest BCUT2D eigenvalue weighted by Crippen LogP contribution is 2.19. The van der Waals surface area contributed by atoms with Crippen LogP contribution in [0.25, 0.3) is 0 Å². The molecule has 0 saturated carbocycles. The number of esters is 1. The molecule has 88 valence electrons. The van der Waals surface area contributed by atoms with Crippen LogP contribution in [0.15, 0.2) is 18.2 Å². The van der Waals surface area contributed by atoms with Gasteiger partial charge in [-0.25, -0.2) is 4.79 Å². The van der Waals surface area contributed by atoms with Gasteiger partial charge in [-0.05, 0) is 31.5 Å². The highest BCUT2D eigenvalue weighted by molar-refractivity contribution is 6.31. The molecule has 0 aliphatic rings. The maximum Gasteiger partial charge on any atom is 0.340 e. The topological polar surface area (TPSA) is 52.3 Å². The molecule has 3 nitrogen and oxygen atoms in total. The minimum Gasteiger partial charge on any atom is -0.459 e. The predicted octanol–water partition coefficient (Wildman–Crippen LogP) is 3.27. The Morgan fingerprint density at radius 3 is 2.88 bits per heavy atom. The quantitative estimate of drug-likeness (QED) is 0.650. The molecule has 0 aliphatic heterocycles. The van der Waals surface area contributed by atoms with Crippen molar-refractivity contribution < 1.29 is 9.53 Å². The van der Waals surface area contributed by atoms with Crippen LogP contribution in [0.3, 0.4) is 0 Å². The van der Waals surface area contributed by atoms with Gasteiger partial charge in [0.05, 0.1) is 11.7 Å². The number of benzene rings is 1. The second kappa shape index (κ2) is 5.75. The summed E-state index contributed by atoms with van der Waals surface area (Å²) in [6, 6.07) is 4.77. The van der Waals surface area contributed by atoms with Gasteiger partial charge in [-0.3, -0.25) is 0 Å². The number of ether oxygens (including phenoxy) is 1. The van der Waals surface area contributed by atoms with Gasteiger partial charge in [0.25, 0.3) is 0 Å². The van der Waals surface area contributed by atoms with Gasteiger partial charge in [0.2, 0.25) is 0 Å². The number of halogens is 1. The molecule has 0 bridgehead atoms. The van der Waals surface area contributed by atoms with Crippen LogP contribution in [0, 0.1) is 0 Å². The first-order chi connectivity index (χ1) is 7.54. The molecule has 1 aromatic carbocycles. The Hall–Kier alpha value is -1.22. The monoisotopic (exact) mass is 241 g/mol. The summed E-state index contributed by atoms with van der Waals surface area (Å²) in [6.07, 6.45) is 1.71. The summed E-state index contributed by atoms with van der Waals surface area (Å²) in [4.78, 5) is 11.7. The van der Waals surface area contributed by atoms with E-state index >= 15 is 0 Å². The molecule has 1 atom stereocenters. The van der Waals surface area contributed by atoms with E-state index < -0.39 is 5.97 Å². The van der Waals surface area contributed by atoms with Gasteiger partial charge in [-0.15, -0.1) is 0 Å². The van der Waals surface area contributed by atoms with Gasteiger partial charge in [0.15, 0.2) is 0 Å². The van der Waals surface area contributed by atoms with E-state index in [2.05, 4.69) is 0 Å². The summed E-state index contributed by atoms with van der Waals surface area (Å²) in [6.45, 7) is 3.90. The Bertz CT molecular complexity index is 379. The SMILES string of the molecule is CCCC(C)OC(=O)c1cc(Cl)ccc1N. The molecule has 0 aromatic heterocycles. The minimum atomic E-state index is -0.416. The van der Waals surface area contributed by atoms with Gasteiger partial charge in [-0.2, -0.15) is 0 Å². The van der Waals surface area contributed by atoms with E-state index in [9.17, 15) is 4.79 Å². The van der Waals surface area contributed by atoms with Crippen molar-refractivity contribution in [2.24, 2.45) is 0 Å². The van der Waals surface area contributed by atoms with Gasteiger partial charge < -0.3 is 10.5 Å². The molecule has 0 saturated heterocycles. The van der Waals surface area contributed by atoms with E-state index in [-0.39, 0.29) is 6.10 Å². The molecule has 0 fully saturated rings. The molecular formula is C12H16ClNO2. The standard InChI is InChI=1S/C12H16ClNO2/c1-3-4-8(2)16-12(15)10-7-9(13)5-6-11(10)14/h5-8H,3-4,14H2,1-2H3. The fourth-order valence-electron chi connectivity index (χ4n) is 1.42. The Morgan fingerprint density at radius 2 is 2.25 bits per heavy atom. The van der Waals surface area contributed by atoms with E-state index in [1.165, 1.54) is 6.07 Å². The van der Waals surface area contributed by atoms with Crippen molar-refractivity contribution in [3.63, 3.8) is 0 Å². The third-order valence-corrected chi connectivity index (χ3v) is 2.47. The van der Waals surface area contributed by atoms with Crippen LogP contribution in [0.5, 0.6) is 0 Å². The van der Waals surface area contributed by atoms with Crippen LogP contribution in [0.4, 0.5) is 5.69 Å². The second-order valence-electron chi connectivity index (χ2n) is 3.74. The summed E-state index contributed by atoms with van der Waals surface area (Å²) in [5, 5.41) is 0.476. The molecule has 1 aromatic rings. The van der Waals surface area contributed by atoms with E-state index in [1.54, 1.807) is 12.1 Å². The van der Waals surface area contributed by atoms with Crippen molar-refractivity contribution in [1.82, 2.24) is 0 Å². The number of carbonyl (C=O) groups excluding carboxylic acids is 1. The first-order valence-corrected chi connectivity index (χ1v) is 5.68. The maximum absolute atomic E-state index is 11.7. The highest BCUT2D eigenvalue weighted by Gasteiger charge is 2.14. The average Bonchev–Trinajstić information content (AvgIpc) is 2.21. The molecule has 0 amide bonds. The fourth-order valence-corrected chi connectivity index (χ4v) is 1.59. The third kappa shape index (κ3) is 3.42. The fraction of sp³-hybridized carbons (Fsp3) is 0.417. The largest absolute Gasteiger partial charge is 0.459 e. The number of rotatable bonds is 4. The number of nitrogens with two attached hydrogens (primary N) is 1. The van der Waals surface area contributed by atoms with Gasteiger partial charge in [-0.1, -0.05) is 24.9 Å². The zero-order valence-corrected chi connectivity index (χ0v) is 10.3. The molecule has 16 heavy (non-hydrogen) atoms. The molecule has 1 rings (SSSR count). The predicted molar refractivity (Wildman–Crippen MR) is 65.6 cm³/mol. The van der Waals surface area contributed by atoms with Crippen molar-refractivity contribution in [3.05, 3.63) is 28.8 Å². The number of hydrogen-bond donors (Lipinski definition) is 1. The summed E-state index contributed by atoms with van der Waals surface area (Å²) in [7, 11) is 0. The van der Waals surface area contributed by atoms with E-state index in [1.807, 2.05) is 13.8 Å². The lowest BCUT2D eigenvalue weighted by atomic mass is 10.2. The first-order valence-electron chi connectivity index (χ1n) is 5.30. The molecular weight excluding hydrogens is 226 g/mol. The Kier molecular flexibility index (Phi) is 4.62. The first kappa shape index (κ1) is 12.8.